The van der Waals surface area contributed by atoms with Crippen LogP contribution in [-0.4, -0.2) is 19.0 Å². The number of rotatable bonds is 2. The van der Waals surface area contributed by atoms with Crippen molar-refractivity contribution in [2.45, 2.75) is 12.8 Å². The molecule has 4 N–H and O–H groups in total. The first kappa shape index (κ1) is 13.0. The molecule has 4 nitrogen and oxygen atoms in total. The van der Waals surface area contributed by atoms with E-state index in [1.54, 1.807) is 0 Å². The maximum atomic E-state index is 13.2. The van der Waals surface area contributed by atoms with Crippen molar-refractivity contribution in [2.24, 2.45) is 11.7 Å². The summed E-state index contributed by atoms with van der Waals surface area (Å²) in [6.45, 7) is 1.33. The molecule has 2 rings (SSSR count). The van der Waals surface area contributed by atoms with Crippen LogP contribution in [0.5, 0.6) is 0 Å². The molecule has 1 aromatic rings. The molecule has 0 atom stereocenters. The molecule has 1 amide bonds. The minimum Gasteiger partial charge on any atom is -0.397 e. The van der Waals surface area contributed by atoms with Gasteiger partial charge in [-0.1, -0.05) is 11.6 Å². The summed E-state index contributed by atoms with van der Waals surface area (Å²) >= 11 is 5.75. The summed E-state index contributed by atoms with van der Waals surface area (Å²) in [5.74, 6) is -0.872. The van der Waals surface area contributed by atoms with Gasteiger partial charge in [-0.3, -0.25) is 4.79 Å². The summed E-state index contributed by atoms with van der Waals surface area (Å²) in [5.41, 5.74) is 12.1. The molecule has 18 heavy (non-hydrogen) atoms. The van der Waals surface area contributed by atoms with Crippen molar-refractivity contribution in [1.82, 2.24) is 0 Å². The zero-order valence-corrected chi connectivity index (χ0v) is 10.6. The van der Waals surface area contributed by atoms with Crippen LogP contribution in [0.2, 0.25) is 5.02 Å². The lowest BCUT2D eigenvalue weighted by Crippen LogP contribution is -2.38. The maximum Gasteiger partial charge on any atom is 0.220 e. The van der Waals surface area contributed by atoms with Crippen molar-refractivity contribution in [3.05, 3.63) is 23.0 Å². The van der Waals surface area contributed by atoms with Gasteiger partial charge in [-0.2, -0.15) is 0 Å². The van der Waals surface area contributed by atoms with Gasteiger partial charge < -0.3 is 16.4 Å². The van der Waals surface area contributed by atoms with Crippen LogP contribution < -0.4 is 16.4 Å². The third-order valence-electron chi connectivity index (χ3n) is 3.31. The average molecular weight is 272 g/mol. The van der Waals surface area contributed by atoms with Gasteiger partial charge in [0.25, 0.3) is 0 Å². The standard InChI is InChI=1S/C12H15ClFN3O/c13-8-5-11(10(15)6-9(8)14)17-3-1-7(2-4-17)12(16)18/h5-7H,1-4,15H2,(H2,16,18). The summed E-state index contributed by atoms with van der Waals surface area (Å²) in [6.07, 6.45) is 1.37. The van der Waals surface area contributed by atoms with Gasteiger partial charge in [0.2, 0.25) is 5.91 Å². The van der Waals surface area contributed by atoms with Crippen LogP contribution in [0.4, 0.5) is 15.8 Å². The number of nitrogen functional groups attached to an aromatic ring is 1. The molecule has 6 heteroatoms. The van der Waals surface area contributed by atoms with E-state index in [9.17, 15) is 9.18 Å². The molecule has 1 aliphatic heterocycles. The quantitative estimate of drug-likeness (QED) is 0.805. The number of nitrogens with zero attached hydrogens (tertiary/aromatic N) is 1. The number of halogens is 2. The second kappa shape index (κ2) is 5.02. The van der Waals surface area contributed by atoms with E-state index >= 15 is 0 Å². The molecular weight excluding hydrogens is 257 g/mol. The van der Waals surface area contributed by atoms with Crippen LogP contribution >= 0.6 is 11.6 Å². The van der Waals surface area contributed by atoms with Gasteiger partial charge in [0.15, 0.2) is 0 Å². The second-order valence-electron chi connectivity index (χ2n) is 4.49. The molecule has 0 radical (unpaired) electrons. The van der Waals surface area contributed by atoms with E-state index in [2.05, 4.69) is 0 Å². The Morgan fingerprint density at radius 3 is 2.56 bits per heavy atom. The molecule has 98 valence electrons. The van der Waals surface area contributed by atoms with Gasteiger partial charge in [-0.25, -0.2) is 4.39 Å². The molecule has 0 unspecified atom stereocenters. The Balaban J connectivity index is 2.15. The van der Waals surface area contributed by atoms with Crippen LogP contribution in [0.1, 0.15) is 12.8 Å². The number of carbonyl (C=O) groups is 1. The molecule has 1 heterocycles. The summed E-state index contributed by atoms with van der Waals surface area (Å²) < 4.78 is 13.2. The monoisotopic (exact) mass is 271 g/mol. The summed E-state index contributed by atoms with van der Waals surface area (Å²) in [4.78, 5) is 13.1. The van der Waals surface area contributed by atoms with E-state index < -0.39 is 5.82 Å². The van der Waals surface area contributed by atoms with Crippen molar-refractivity contribution in [3.63, 3.8) is 0 Å². The lowest BCUT2D eigenvalue weighted by Gasteiger charge is -2.33. The molecule has 1 saturated heterocycles. The summed E-state index contributed by atoms with van der Waals surface area (Å²) in [5, 5.41) is 0.0521. The van der Waals surface area contributed by atoms with Crippen LogP contribution in [0.25, 0.3) is 0 Å². The highest BCUT2D eigenvalue weighted by molar-refractivity contribution is 6.31. The highest BCUT2D eigenvalue weighted by atomic mass is 35.5. The Labute approximate surface area is 110 Å². The third kappa shape index (κ3) is 2.51. The first-order chi connectivity index (χ1) is 8.49. The molecule has 1 aromatic carbocycles. The number of amides is 1. The second-order valence-corrected chi connectivity index (χ2v) is 4.90. The minimum atomic E-state index is -0.523. The molecular formula is C12H15ClFN3O. The number of primary amides is 1. The topological polar surface area (TPSA) is 72.4 Å². The van der Waals surface area contributed by atoms with Gasteiger partial charge in [0.1, 0.15) is 5.82 Å². The fourth-order valence-corrected chi connectivity index (χ4v) is 2.39. The Morgan fingerprint density at radius 1 is 1.39 bits per heavy atom. The zero-order chi connectivity index (χ0) is 13.3. The fourth-order valence-electron chi connectivity index (χ4n) is 2.23. The minimum absolute atomic E-state index is 0.0521. The number of carbonyl (C=O) groups excluding carboxylic acids is 1. The third-order valence-corrected chi connectivity index (χ3v) is 3.60. The highest BCUT2D eigenvalue weighted by Gasteiger charge is 2.24. The number of nitrogens with two attached hydrogens (primary N) is 2. The van der Waals surface area contributed by atoms with Crippen molar-refractivity contribution in [1.29, 1.82) is 0 Å². The molecule has 0 spiro atoms. The van der Waals surface area contributed by atoms with Gasteiger partial charge in [-0.15, -0.1) is 0 Å². The van der Waals surface area contributed by atoms with Crippen molar-refractivity contribution < 1.29 is 9.18 Å². The van der Waals surface area contributed by atoms with E-state index in [4.69, 9.17) is 23.1 Å². The van der Waals surface area contributed by atoms with Gasteiger partial charge in [-0.05, 0) is 18.9 Å². The Hall–Kier alpha value is -1.49. The smallest absolute Gasteiger partial charge is 0.220 e. The number of hydrogen-bond acceptors (Lipinski definition) is 3. The van der Waals surface area contributed by atoms with Crippen molar-refractivity contribution >= 4 is 28.9 Å². The Bertz CT molecular complexity index is 473. The Kier molecular flexibility index (Phi) is 3.61. The van der Waals surface area contributed by atoms with Gasteiger partial charge >= 0.3 is 0 Å². The molecule has 1 fully saturated rings. The van der Waals surface area contributed by atoms with E-state index in [0.29, 0.717) is 37.3 Å². The van der Waals surface area contributed by atoms with E-state index in [0.717, 1.165) is 0 Å². The summed E-state index contributed by atoms with van der Waals surface area (Å²) in [7, 11) is 0. The van der Waals surface area contributed by atoms with E-state index in [1.807, 2.05) is 4.90 Å². The molecule has 0 bridgehead atoms. The van der Waals surface area contributed by atoms with E-state index in [-0.39, 0.29) is 16.8 Å². The first-order valence-electron chi connectivity index (χ1n) is 5.78. The number of piperidine rings is 1. The van der Waals surface area contributed by atoms with Crippen LogP contribution in [0, 0.1) is 11.7 Å². The number of hydrogen-bond donors (Lipinski definition) is 2. The first-order valence-corrected chi connectivity index (χ1v) is 6.15. The normalized spacial score (nSPS) is 16.9. The lowest BCUT2D eigenvalue weighted by atomic mass is 9.96. The van der Waals surface area contributed by atoms with Crippen molar-refractivity contribution in [2.75, 3.05) is 23.7 Å². The predicted octanol–water partition coefficient (Wildman–Crippen LogP) is 1.76. The molecule has 0 saturated carbocycles. The SMILES string of the molecule is NC(=O)C1CCN(c2cc(Cl)c(F)cc2N)CC1. The molecule has 1 aliphatic rings. The van der Waals surface area contributed by atoms with Crippen LogP contribution in [0.3, 0.4) is 0 Å². The largest absolute Gasteiger partial charge is 0.397 e. The number of benzene rings is 1. The average Bonchev–Trinajstić information content (AvgIpc) is 2.34. The highest BCUT2D eigenvalue weighted by Crippen LogP contribution is 2.32. The predicted molar refractivity (Wildman–Crippen MR) is 70.0 cm³/mol. The Morgan fingerprint density at radius 2 is 2.00 bits per heavy atom. The lowest BCUT2D eigenvalue weighted by molar-refractivity contribution is -0.122. The molecule has 0 aliphatic carbocycles. The van der Waals surface area contributed by atoms with E-state index in [1.165, 1.54) is 12.1 Å². The zero-order valence-electron chi connectivity index (χ0n) is 9.83. The summed E-state index contributed by atoms with van der Waals surface area (Å²) in [6, 6.07) is 2.74. The van der Waals surface area contributed by atoms with Crippen LogP contribution in [0.15, 0.2) is 12.1 Å². The molecule has 0 aromatic heterocycles. The number of anilines is 2. The fraction of sp³-hybridized carbons (Fsp3) is 0.417. The van der Waals surface area contributed by atoms with Gasteiger partial charge in [0.05, 0.1) is 16.4 Å². The maximum absolute atomic E-state index is 13.2. The van der Waals surface area contributed by atoms with Gasteiger partial charge in [0, 0.05) is 25.1 Å². The van der Waals surface area contributed by atoms with Crippen LogP contribution in [-0.2, 0) is 4.79 Å². The van der Waals surface area contributed by atoms with Crippen molar-refractivity contribution in [3.8, 4) is 0 Å².